The minimum absolute atomic E-state index is 0.0730. The van der Waals surface area contributed by atoms with Crippen LogP contribution in [0.2, 0.25) is 0 Å². The maximum atomic E-state index is 11.6. The second kappa shape index (κ2) is 4.14. The Kier molecular flexibility index (Phi) is 2.84. The Balaban J connectivity index is 1.90. The van der Waals surface area contributed by atoms with Gasteiger partial charge in [0, 0.05) is 11.8 Å². The summed E-state index contributed by atoms with van der Waals surface area (Å²) in [5.74, 6) is -0.378. The molecule has 84 valence electrons. The van der Waals surface area contributed by atoms with E-state index in [0.29, 0.717) is 23.6 Å². The van der Waals surface area contributed by atoms with Gasteiger partial charge in [-0.15, -0.1) is 11.3 Å². The number of nitrogens with two attached hydrogens (primary N) is 1. The molecule has 1 aliphatic carbocycles. The topological polar surface area (TPSA) is 76.1 Å². The highest BCUT2D eigenvalue weighted by atomic mass is 32.1. The number of nitrogens with zero attached hydrogens (tertiary/aromatic N) is 1. The molecule has 0 radical (unpaired) electrons. The van der Waals surface area contributed by atoms with Crippen molar-refractivity contribution < 1.29 is 9.53 Å². The molecule has 4 nitrogen and oxygen atoms in total. The van der Waals surface area contributed by atoms with E-state index < -0.39 is 0 Å². The van der Waals surface area contributed by atoms with E-state index in [1.54, 1.807) is 11.4 Å². The van der Waals surface area contributed by atoms with Crippen molar-refractivity contribution in [2.45, 2.75) is 19.3 Å². The normalized spacial score (nSPS) is 16.4. The first-order valence-electron chi connectivity index (χ1n) is 5.04. The van der Waals surface area contributed by atoms with Crippen molar-refractivity contribution in [3.63, 3.8) is 0 Å². The first kappa shape index (κ1) is 11.0. The van der Waals surface area contributed by atoms with Crippen LogP contribution in [0.25, 0.3) is 0 Å². The lowest BCUT2D eigenvalue weighted by Gasteiger charge is -2.10. The lowest BCUT2D eigenvalue weighted by Crippen LogP contribution is -2.14. The Morgan fingerprint density at radius 2 is 2.44 bits per heavy atom. The number of ether oxygens (including phenoxy) is 1. The lowest BCUT2D eigenvalue weighted by atomic mass is 10.1. The number of hydrogen-bond donors (Lipinski definition) is 1. The number of rotatable bonds is 4. The molecule has 1 heterocycles. The fourth-order valence-corrected chi connectivity index (χ4v) is 2.20. The zero-order valence-electron chi connectivity index (χ0n) is 8.73. The van der Waals surface area contributed by atoms with Gasteiger partial charge in [0.1, 0.15) is 4.88 Å². The Bertz CT molecular complexity index is 443. The summed E-state index contributed by atoms with van der Waals surface area (Å²) in [5, 5.41) is 10.4. The standard InChI is InChI=1S/C11H12N2O2S/c12-5-4-11(2-3-11)7-15-10(14)9-8(13)1-6-16-9/h1,6H,2-4,7,13H2. The van der Waals surface area contributed by atoms with E-state index in [1.807, 2.05) is 0 Å². The Labute approximate surface area is 97.6 Å². The molecule has 16 heavy (non-hydrogen) atoms. The van der Waals surface area contributed by atoms with Crippen molar-refractivity contribution in [3.8, 4) is 6.07 Å². The van der Waals surface area contributed by atoms with Crippen molar-refractivity contribution in [2.24, 2.45) is 5.41 Å². The van der Waals surface area contributed by atoms with Gasteiger partial charge in [-0.25, -0.2) is 4.79 Å². The van der Waals surface area contributed by atoms with Crippen molar-refractivity contribution in [1.29, 1.82) is 5.26 Å². The van der Waals surface area contributed by atoms with Crippen LogP contribution >= 0.6 is 11.3 Å². The van der Waals surface area contributed by atoms with Gasteiger partial charge in [0.15, 0.2) is 0 Å². The van der Waals surface area contributed by atoms with Crippen LogP contribution in [0.4, 0.5) is 5.69 Å². The van der Waals surface area contributed by atoms with Crippen LogP contribution in [0.1, 0.15) is 28.9 Å². The molecule has 1 saturated carbocycles. The van der Waals surface area contributed by atoms with Crippen LogP contribution in [0.5, 0.6) is 0 Å². The lowest BCUT2D eigenvalue weighted by molar-refractivity contribution is 0.0426. The van der Waals surface area contributed by atoms with Crippen LogP contribution in [0.3, 0.4) is 0 Å². The summed E-state index contributed by atoms with van der Waals surface area (Å²) < 4.78 is 5.19. The molecule has 0 saturated heterocycles. The average molecular weight is 236 g/mol. The number of hydrogen-bond acceptors (Lipinski definition) is 5. The van der Waals surface area contributed by atoms with Gasteiger partial charge >= 0.3 is 5.97 Å². The maximum Gasteiger partial charge on any atom is 0.350 e. The second-order valence-corrected chi connectivity index (χ2v) is 5.03. The molecule has 0 amide bonds. The third-order valence-corrected chi connectivity index (χ3v) is 3.71. The highest BCUT2D eigenvalue weighted by Crippen LogP contribution is 2.48. The smallest absolute Gasteiger partial charge is 0.350 e. The molecule has 1 aromatic heterocycles. The molecular formula is C11H12N2O2S. The molecule has 0 spiro atoms. The zero-order chi connectivity index (χ0) is 11.6. The fraction of sp³-hybridized carbons (Fsp3) is 0.455. The number of esters is 1. The minimum atomic E-state index is -0.378. The van der Waals surface area contributed by atoms with E-state index in [-0.39, 0.29) is 11.4 Å². The van der Waals surface area contributed by atoms with E-state index in [9.17, 15) is 4.79 Å². The highest BCUT2D eigenvalue weighted by Gasteiger charge is 2.43. The maximum absolute atomic E-state index is 11.6. The summed E-state index contributed by atoms with van der Waals surface area (Å²) in [6.45, 7) is 0.330. The van der Waals surface area contributed by atoms with Gasteiger partial charge < -0.3 is 10.5 Å². The quantitative estimate of drug-likeness (QED) is 0.813. The molecule has 0 bridgehead atoms. The largest absolute Gasteiger partial charge is 0.461 e. The number of nitrogen functional groups attached to an aromatic ring is 1. The molecule has 2 N–H and O–H groups in total. The van der Waals surface area contributed by atoms with Gasteiger partial charge in [-0.3, -0.25) is 0 Å². The molecule has 2 rings (SSSR count). The van der Waals surface area contributed by atoms with Gasteiger partial charge in [-0.05, 0) is 24.3 Å². The van der Waals surface area contributed by atoms with Gasteiger partial charge in [0.25, 0.3) is 0 Å². The van der Waals surface area contributed by atoms with Crippen molar-refractivity contribution >= 4 is 23.0 Å². The first-order chi connectivity index (χ1) is 7.67. The number of carbonyl (C=O) groups is 1. The predicted molar refractivity (Wildman–Crippen MR) is 60.9 cm³/mol. The van der Waals surface area contributed by atoms with Gasteiger partial charge in [0.2, 0.25) is 0 Å². The van der Waals surface area contributed by atoms with Crippen molar-refractivity contribution in [1.82, 2.24) is 0 Å². The first-order valence-corrected chi connectivity index (χ1v) is 5.92. The molecule has 1 fully saturated rings. The molecule has 0 aromatic carbocycles. The highest BCUT2D eigenvalue weighted by molar-refractivity contribution is 7.12. The van der Waals surface area contributed by atoms with E-state index >= 15 is 0 Å². The summed E-state index contributed by atoms with van der Waals surface area (Å²) in [4.78, 5) is 12.1. The Morgan fingerprint density at radius 1 is 1.69 bits per heavy atom. The van der Waals surface area contributed by atoms with E-state index in [1.165, 1.54) is 11.3 Å². The van der Waals surface area contributed by atoms with Crippen molar-refractivity contribution in [2.75, 3.05) is 12.3 Å². The second-order valence-electron chi connectivity index (χ2n) is 4.12. The molecule has 1 aliphatic rings. The van der Waals surface area contributed by atoms with Gasteiger partial charge in [-0.1, -0.05) is 0 Å². The number of nitriles is 1. The molecule has 0 aliphatic heterocycles. The van der Waals surface area contributed by atoms with Crippen LogP contribution in [-0.4, -0.2) is 12.6 Å². The fourth-order valence-electron chi connectivity index (χ4n) is 1.49. The SMILES string of the molecule is N#CCC1(COC(=O)c2sccc2N)CC1. The van der Waals surface area contributed by atoms with Crippen LogP contribution < -0.4 is 5.73 Å². The van der Waals surface area contributed by atoms with E-state index in [4.69, 9.17) is 15.7 Å². The summed E-state index contributed by atoms with van der Waals surface area (Å²) in [6, 6.07) is 3.81. The summed E-state index contributed by atoms with van der Waals surface area (Å²) in [6.07, 6.45) is 2.39. The molecule has 5 heteroatoms. The minimum Gasteiger partial charge on any atom is -0.461 e. The van der Waals surface area contributed by atoms with Crippen LogP contribution in [0, 0.1) is 16.7 Å². The summed E-state index contributed by atoms with van der Waals surface area (Å²) in [7, 11) is 0. The Morgan fingerprint density at radius 3 is 2.94 bits per heavy atom. The number of thiophene rings is 1. The average Bonchev–Trinajstić information content (AvgIpc) is 2.89. The van der Waals surface area contributed by atoms with Crippen LogP contribution in [-0.2, 0) is 4.74 Å². The molecule has 0 unspecified atom stereocenters. The predicted octanol–water partition coefficient (Wildman–Crippen LogP) is 2.18. The van der Waals surface area contributed by atoms with E-state index in [2.05, 4.69) is 6.07 Å². The monoisotopic (exact) mass is 236 g/mol. The number of anilines is 1. The Hall–Kier alpha value is -1.54. The summed E-state index contributed by atoms with van der Waals surface area (Å²) >= 11 is 1.28. The summed E-state index contributed by atoms with van der Waals surface area (Å²) in [5.41, 5.74) is 6.00. The molecular weight excluding hydrogens is 224 g/mol. The molecule has 1 aromatic rings. The third-order valence-electron chi connectivity index (χ3n) is 2.80. The van der Waals surface area contributed by atoms with Gasteiger partial charge in [0.05, 0.1) is 18.4 Å². The number of carbonyl (C=O) groups excluding carboxylic acids is 1. The molecule has 0 atom stereocenters. The zero-order valence-corrected chi connectivity index (χ0v) is 9.55. The van der Waals surface area contributed by atoms with Gasteiger partial charge in [-0.2, -0.15) is 5.26 Å². The van der Waals surface area contributed by atoms with Crippen LogP contribution in [0.15, 0.2) is 11.4 Å². The third kappa shape index (κ3) is 2.17. The van der Waals surface area contributed by atoms with E-state index in [0.717, 1.165) is 12.8 Å². The van der Waals surface area contributed by atoms with Crippen molar-refractivity contribution in [3.05, 3.63) is 16.3 Å².